The van der Waals surface area contributed by atoms with E-state index in [4.69, 9.17) is 26.2 Å². The van der Waals surface area contributed by atoms with Gasteiger partial charge in [-0.3, -0.25) is 9.59 Å². The SMILES string of the molecule is COCCN(CC(=O)O)C(=O)COc1ccccc1Cl. The highest BCUT2D eigenvalue weighted by atomic mass is 35.5. The Kier molecular flexibility index (Phi) is 6.83. The van der Waals surface area contributed by atoms with Crippen LogP contribution in [0, 0.1) is 0 Å². The van der Waals surface area contributed by atoms with Crippen LogP contribution in [-0.4, -0.2) is 55.3 Å². The minimum absolute atomic E-state index is 0.188. The van der Waals surface area contributed by atoms with Crippen LogP contribution in [0.1, 0.15) is 0 Å². The number of benzene rings is 1. The average molecular weight is 302 g/mol. The number of halogens is 1. The molecule has 7 heteroatoms. The first kappa shape index (κ1) is 16.3. The van der Waals surface area contributed by atoms with Gasteiger partial charge in [0.25, 0.3) is 5.91 Å². The number of hydrogen-bond donors (Lipinski definition) is 1. The van der Waals surface area contributed by atoms with Crippen LogP contribution >= 0.6 is 11.6 Å². The van der Waals surface area contributed by atoms with E-state index in [1.54, 1.807) is 24.3 Å². The maximum atomic E-state index is 11.9. The number of carboxylic acid groups (broad SMARTS) is 1. The summed E-state index contributed by atoms with van der Waals surface area (Å²) in [6.45, 7) is -0.229. The van der Waals surface area contributed by atoms with E-state index in [1.165, 1.54) is 7.11 Å². The number of carboxylic acids is 1. The molecule has 1 aromatic carbocycles. The lowest BCUT2D eigenvalue weighted by molar-refractivity contribution is -0.145. The van der Waals surface area contributed by atoms with Gasteiger partial charge in [-0.25, -0.2) is 0 Å². The van der Waals surface area contributed by atoms with Crippen LogP contribution in [0.2, 0.25) is 5.02 Å². The van der Waals surface area contributed by atoms with Crippen LogP contribution in [0.4, 0.5) is 0 Å². The highest BCUT2D eigenvalue weighted by molar-refractivity contribution is 6.32. The highest BCUT2D eigenvalue weighted by Crippen LogP contribution is 2.22. The number of aliphatic carboxylic acids is 1. The molecule has 1 rings (SSSR count). The van der Waals surface area contributed by atoms with Gasteiger partial charge in [0, 0.05) is 13.7 Å². The monoisotopic (exact) mass is 301 g/mol. The number of methoxy groups -OCH3 is 1. The average Bonchev–Trinajstić information content (AvgIpc) is 2.41. The van der Waals surface area contributed by atoms with Crippen molar-refractivity contribution in [3.05, 3.63) is 29.3 Å². The number of amides is 1. The molecule has 20 heavy (non-hydrogen) atoms. The van der Waals surface area contributed by atoms with Gasteiger partial charge in [-0.15, -0.1) is 0 Å². The number of nitrogens with zero attached hydrogens (tertiary/aromatic N) is 1. The molecule has 6 nitrogen and oxygen atoms in total. The molecule has 0 saturated carbocycles. The van der Waals surface area contributed by atoms with Crippen LogP contribution in [-0.2, 0) is 14.3 Å². The zero-order valence-electron chi connectivity index (χ0n) is 11.0. The van der Waals surface area contributed by atoms with Gasteiger partial charge in [-0.1, -0.05) is 23.7 Å². The second-order valence-corrected chi connectivity index (χ2v) is 4.33. The number of carbonyl (C=O) groups excluding carboxylic acids is 1. The summed E-state index contributed by atoms with van der Waals surface area (Å²) in [5, 5.41) is 9.16. The third-order valence-corrected chi connectivity index (χ3v) is 2.74. The summed E-state index contributed by atoms with van der Waals surface area (Å²) in [6, 6.07) is 6.74. The van der Waals surface area contributed by atoms with Gasteiger partial charge in [-0.05, 0) is 12.1 Å². The van der Waals surface area contributed by atoms with Gasteiger partial charge in [0.05, 0.1) is 11.6 Å². The lowest BCUT2D eigenvalue weighted by Gasteiger charge is -2.20. The Morgan fingerprint density at radius 3 is 2.65 bits per heavy atom. The molecule has 0 saturated heterocycles. The smallest absolute Gasteiger partial charge is 0.323 e. The largest absolute Gasteiger partial charge is 0.482 e. The minimum Gasteiger partial charge on any atom is -0.482 e. The second-order valence-electron chi connectivity index (χ2n) is 3.92. The van der Waals surface area contributed by atoms with Gasteiger partial charge in [0.2, 0.25) is 0 Å². The molecule has 0 aliphatic heterocycles. The maximum absolute atomic E-state index is 11.9. The molecule has 1 aromatic rings. The summed E-state index contributed by atoms with van der Waals surface area (Å²) in [5.41, 5.74) is 0. The summed E-state index contributed by atoms with van der Waals surface area (Å²) in [5.74, 6) is -1.15. The van der Waals surface area contributed by atoms with Crippen molar-refractivity contribution in [1.29, 1.82) is 0 Å². The van der Waals surface area contributed by atoms with Gasteiger partial charge in [0.1, 0.15) is 12.3 Å². The number of hydrogen-bond acceptors (Lipinski definition) is 4. The third kappa shape index (κ3) is 5.46. The van der Waals surface area contributed by atoms with Gasteiger partial charge in [0.15, 0.2) is 6.61 Å². The van der Waals surface area contributed by atoms with Crippen molar-refractivity contribution >= 4 is 23.5 Å². The molecule has 0 atom stereocenters. The fourth-order valence-electron chi connectivity index (χ4n) is 1.45. The van der Waals surface area contributed by atoms with E-state index in [0.29, 0.717) is 10.8 Å². The molecule has 0 spiro atoms. The molecule has 0 bridgehead atoms. The van der Waals surface area contributed by atoms with Gasteiger partial charge < -0.3 is 19.5 Å². The molecule has 0 aliphatic rings. The van der Waals surface area contributed by atoms with Crippen LogP contribution in [0.5, 0.6) is 5.75 Å². The van der Waals surface area contributed by atoms with Crippen molar-refractivity contribution in [2.75, 3.05) is 33.4 Å². The van der Waals surface area contributed by atoms with Crippen molar-refractivity contribution in [3.8, 4) is 5.75 Å². The number of para-hydroxylation sites is 1. The normalized spacial score (nSPS) is 10.1. The first-order valence-corrected chi connectivity index (χ1v) is 6.28. The Labute approximate surface area is 121 Å². The Hall–Kier alpha value is -1.79. The van der Waals surface area contributed by atoms with Crippen molar-refractivity contribution in [2.45, 2.75) is 0 Å². The topological polar surface area (TPSA) is 76.1 Å². The second kappa shape index (κ2) is 8.39. The molecule has 0 aromatic heterocycles. The van der Waals surface area contributed by atoms with Crippen LogP contribution in [0.15, 0.2) is 24.3 Å². The molecule has 0 unspecified atom stereocenters. The molecule has 0 radical (unpaired) electrons. The fourth-order valence-corrected chi connectivity index (χ4v) is 1.64. The third-order valence-electron chi connectivity index (χ3n) is 2.43. The molecular weight excluding hydrogens is 286 g/mol. The van der Waals surface area contributed by atoms with Crippen LogP contribution in [0.25, 0.3) is 0 Å². The number of carbonyl (C=O) groups is 2. The van der Waals surface area contributed by atoms with Crippen molar-refractivity contribution in [3.63, 3.8) is 0 Å². The molecule has 0 fully saturated rings. The van der Waals surface area contributed by atoms with Crippen LogP contribution in [0.3, 0.4) is 0 Å². The highest BCUT2D eigenvalue weighted by Gasteiger charge is 2.17. The molecule has 0 aliphatic carbocycles. The quantitative estimate of drug-likeness (QED) is 0.783. The summed E-state index contributed by atoms with van der Waals surface area (Å²) < 4.78 is 10.1. The first-order valence-electron chi connectivity index (χ1n) is 5.90. The predicted molar refractivity (Wildman–Crippen MR) is 73.0 cm³/mol. The molecule has 0 heterocycles. The van der Waals surface area contributed by atoms with Crippen molar-refractivity contribution in [2.24, 2.45) is 0 Å². The van der Waals surface area contributed by atoms with Gasteiger partial charge >= 0.3 is 5.97 Å². The fraction of sp³-hybridized carbons (Fsp3) is 0.385. The molecule has 110 valence electrons. The summed E-state index contributed by atoms with van der Waals surface area (Å²) in [7, 11) is 1.48. The number of ether oxygens (including phenoxy) is 2. The van der Waals surface area contributed by atoms with E-state index in [0.717, 1.165) is 4.90 Å². The Morgan fingerprint density at radius 1 is 1.35 bits per heavy atom. The van der Waals surface area contributed by atoms with E-state index in [9.17, 15) is 9.59 Å². The summed E-state index contributed by atoms with van der Waals surface area (Å²) >= 11 is 5.89. The summed E-state index contributed by atoms with van der Waals surface area (Å²) in [6.07, 6.45) is 0. The van der Waals surface area contributed by atoms with E-state index in [-0.39, 0.29) is 19.8 Å². The Morgan fingerprint density at radius 2 is 2.05 bits per heavy atom. The zero-order valence-corrected chi connectivity index (χ0v) is 11.8. The van der Waals surface area contributed by atoms with Crippen LogP contribution < -0.4 is 4.74 Å². The number of rotatable bonds is 8. The van der Waals surface area contributed by atoms with E-state index in [2.05, 4.69) is 0 Å². The Balaban J connectivity index is 2.57. The first-order chi connectivity index (χ1) is 9.54. The molecular formula is C13H16ClNO5. The standard InChI is InChI=1S/C13H16ClNO5/c1-19-7-6-15(8-13(17)18)12(16)9-20-11-5-3-2-4-10(11)14/h2-5H,6-9H2,1H3,(H,17,18). The lowest BCUT2D eigenvalue weighted by atomic mass is 10.3. The van der Waals surface area contributed by atoms with E-state index in [1.807, 2.05) is 0 Å². The Bertz CT molecular complexity index is 466. The van der Waals surface area contributed by atoms with Gasteiger partial charge in [-0.2, -0.15) is 0 Å². The molecule has 1 amide bonds. The van der Waals surface area contributed by atoms with Crippen molar-refractivity contribution in [1.82, 2.24) is 4.90 Å². The van der Waals surface area contributed by atoms with E-state index >= 15 is 0 Å². The molecule has 1 N–H and O–H groups in total. The zero-order chi connectivity index (χ0) is 15.0. The van der Waals surface area contributed by atoms with Crippen molar-refractivity contribution < 1.29 is 24.2 Å². The predicted octanol–water partition coefficient (Wildman–Crippen LogP) is 1.28. The maximum Gasteiger partial charge on any atom is 0.323 e. The minimum atomic E-state index is -1.09. The summed E-state index contributed by atoms with van der Waals surface area (Å²) in [4.78, 5) is 23.8. The van der Waals surface area contributed by atoms with E-state index < -0.39 is 18.4 Å². The lowest BCUT2D eigenvalue weighted by Crippen LogP contribution is -2.40.